The predicted molar refractivity (Wildman–Crippen MR) is 59.0 cm³/mol. The van der Waals surface area contributed by atoms with E-state index in [0.29, 0.717) is 11.6 Å². The van der Waals surface area contributed by atoms with Crippen molar-refractivity contribution in [1.82, 2.24) is 4.90 Å². The van der Waals surface area contributed by atoms with Crippen molar-refractivity contribution < 1.29 is 4.79 Å². The molecule has 0 aromatic heterocycles. The minimum atomic E-state index is 0.113. The first kappa shape index (κ1) is 8.98. The molecule has 2 aliphatic heterocycles. The van der Waals surface area contributed by atoms with Gasteiger partial charge < -0.3 is 4.90 Å². The van der Waals surface area contributed by atoms with Crippen LogP contribution in [-0.4, -0.2) is 17.4 Å². The van der Waals surface area contributed by atoms with E-state index in [2.05, 4.69) is 6.08 Å². The van der Waals surface area contributed by atoms with Crippen LogP contribution in [0.2, 0.25) is 5.02 Å². The SMILES string of the molecule is O=C1c2cccc(Cl)c2C2CC=CCN12. The van der Waals surface area contributed by atoms with Gasteiger partial charge in [-0.05, 0) is 18.6 Å². The number of fused-ring (bicyclic) bond motifs is 3. The zero-order valence-corrected chi connectivity index (χ0v) is 8.87. The summed E-state index contributed by atoms with van der Waals surface area (Å²) in [5, 5.41) is 0.712. The Kier molecular flexibility index (Phi) is 1.86. The molecule has 2 aliphatic rings. The van der Waals surface area contributed by atoms with Gasteiger partial charge in [0.1, 0.15) is 0 Å². The summed E-state index contributed by atoms with van der Waals surface area (Å²) in [6.07, 6.45) is 5.03. The summed E-state index contributed by atoms with van der Waals surface area (Å²) in [5.74, 6) is 0.113. The van der Waals surface area contributed by atoms with Crippen LogP contribution in [0.15, 0.2) is 30.4 Å². The van der Waals surface area contributed by atoms with Crippen LogP contribution in [0.3, 0.4) is 0 Å². The molecule has 0 bridgehead atoms. The molecule has 15 heavy (non-hydrogen) atoms. The third-order valence-corrected chi connectivity index (χ3v) is 3.41. The highest BCUT2D eigenvalue weighted by Crippen LogP contribution is 2.41. The summed E-state index contributed by atoms with van der Waals surface area (Å²) in [6, 6.07) is 5.72. The average molecular weight is 220 g/mol. The molecule has 2 nitrogen and oxygen atoms in total. The van der Waals surface area contributed by atoms with E-state index in [1.807, 2.05) is 29.2 Å². The van der Waals surface area contributed by atoms with Crippen molar-refractivity contribution in [3.8, 4) is 0 Å². The summed E-state index contributed by atoms with van der Waals surface area (Å²) in [7, 11) is 0. The normalized spacial score (nSPS) is 22.9. The third-order valence-electron chi connectivity index (χ3n) is 3.08. The lowest BCUT2D eigenvalue weighted by molar-refractivity contribution is 0.0741. The zero-order valence-electron chi connectivity index (χ0n) is 8.11. The number of carbonyl (C=O) groups is 1. The van der Waals surface area contributed by atoms with Crippen LogP contribution in [0.1, 0.15) is 28.4 Å². The van der Waals surface area contributed by atoms with E-state index in [4.69, 9.17) is 11.6 Å². The molecule has 0 saturated carbocycles. The smallest absolute Gasteiger partial charge is 0.255 e. The van der Waals surface area contributed by atoms with Crippen molar-refractivity contribution >= 4 is 17.5 Å². The predicted octanol–water partition coefficient (Wildman–Crippen LogP) is 2.80. The first-order valence-electron chi connectivity index (χ1n) is 5.03. The molecule has 1 aromatic carbocycles. The monoisotopic (exact) mass is 219 g/mol. The number of rotatable bonds is 0. The summed E-state index contributed by atoms with van der Waals surface area (Å²) in [4.78, 5) is 13.9. The fourth-order valence-corrected chi connectivity index (χ4v) is 2.68. The summed E-state index contributed by atoms with van der Waals surface area (Å²) >= 11 is 6.15. The summed E-state index contributed by atoms with van der Waals surface area (Å²) in [5.41, 5.74) is 1.78. The molecule has 1 aromatic rings. The van der Waals surface area contributed by atoms with Crippen molar-refractivity contribution in [2.24, 2.45) is 0 Å². The van der Waals surface area contributed by atoms with Gasteiger partial charge in [0.2, 0.25) is 0 Å². The van der Waals surface area contributed by atoms with Crippen molar-refractivity contribution in [2.45, 2.75) is 12.5 Å². The number of nitrogens with zero attached hydrogens (tertiary/aromatic N) is 1. The Balaban J connectivity index is 2.20. The first-order chi connectivity index (χ1) is 7.29. The van der Waals surface area contributed by atoms with Gasteiger partial charge in [0.25, 0.3) is 5.91 Å². The summed E-state index contributed by atoms with van der Waals surface area (Å²) in [6.45, 7) is 0.703. The quantitative estimate of drug-likeness (QED) is 0.615. The second-order valence-corrected chi connectivity index (χ2v) is 4.29. The molecule has 1 atom stereocenters. The Hall–Kier alpha value is -1.28. The highest BCUT2D eigenvalue weighted by molar-refractivity contribution is 6.32. The maximum absolute atomic E-state index is 12.0. The molecule has 0 fully saturated rings. The van der Waals surface area contributed by atoms with Gasteiger partial charge in [-0.25, -0.2) is 0 Å². The number of halogens is 1. The van der Waals surface area contributed by atoms with Gasteiger partial charge in [0, 0.05) is 22.7 Å². The lowest BCUT2D eigenvalue weighted by atomic mass is 10.0. The van der Waals surface area contributed by atoms with Gasteiger partial charge in [-0.3, -0.25) is 4.79 Å². The minimum Gasteiger partial charge on any atom is -0.327 e. The number of benzene rings is 1. The summed E-state index contributed by atoms with van der Waals surface area (Å²) < 4.78 is 0. The molecule has 0 N–H and O–H groups in total. The van der Waals surface area contributed by atoms with Gasteiger partial charge in [-0.15, -0.1) is 0 Å². The third kappa shape index (κ3) is 1.15. The molecule has 1 unspecified atom stereocenters. The van der Waals surface area contributed by atoms with Crippen molar-refractivity contribution in [1.29, 1.82) is 0 Å². The maximum Gasteiger partial charge on any atom is 0.255 e. The van der Waals surface area contributed by atoms with E-state index in [9.17, 15) is 4.79 Å². The number of carbonyl (C=O) groups excluding carboxylic acids is 1. The number of hydrogen-bond donors (Lipinski definition) is 0. The molecule has 1 amide bonds. The fraction of sp³-hybridized carbons (Fsp3) is 0.250. The van der Waals surface area contributed by atoms with Crippen LogP contribution in [0.4, 0.5) is 0 Å². The van der Waals surface area contributed by atoms with Gasteiger partial charge in [-0.2, -0.15) is 0 Å². The lowest BCUT2D eigenvalue weighted by Crippen LogP contribution is -2.30. The Morgan fingerprint density at radius 1 is 1.33 bits per heavy atom. The molecule has 0 radical (unpaired) electrons. The average Bonchev–Trinajstić information content (AvgIpc) is 2.55. The topological polar surface area (TPSA) is 20.3 Å². The van der Waals surface area contributed by atoms with E-state index in [1.165, 1.54) is 0 Å². The van der Waals surface area contributed by atoms with Gasteiger partial charge in [0.05, 0.1) is 6.04 Å². The molecule has 0 spiro atoms. The molecule has 0 aliphatic carbocycles. The Morgan fingerprint density at radius 3 is 3.07 bits per heavy atom. The standard InChI is InChI=1S/C12H10ClNO/c13-9-5-3-4-8-11(9)10-6-1-2-7-14(10)12(8)15/h1-5,10H,6-7H2. The molecule has 76 valence electrons. The molecule has 2 heterocycles. The van der Waals surface area contributed by atoms with Gasteiger partial charge >= 0.3 is 0 Å². The van der Waals surface area contributed by atoms with Crippen molar-refractivity contribution in [2.75, 3.05) is 6.54 Å². The Morgan fingerprint density at radius 2 is 2.20 bits per heavy atom. The molecule has 3 heteroatoms. The zero-order chi connectivity index (χ0) is 10.4. The second-order valence-electron chi connectivity index (χ2n) is 3.88. The van der Waals surface area contributed by atoms with Crippen molar-refractivity contribution in [3.05, 3.63) is 46.5 Å². The number of hydrogen-bond acceptors (Lipinski definition) is 1. The highest BCUT2D eigenvalue weighted by atomic mass is 35.5. The molecule has 0 saturated heterocycles. The van der Waals surface area contributed by atoms with E-state index in [0.717, 1.165) is 17.5 Å². The van der Waals surface area contributed by atoms with Crippen LogP contribution >= 0.6 is 11.6 Å². The van der Waals surface area contributed by atoms with E-state index >= 15 is 0 Å². The number of amides is 1. The molecular weight excluding hydrogens is 210 g/mol. The highest BCUT2D eigenvalue weighted by Gasteiger charge is 2.37. The maximum atomic E-state index is 12.0. The first-order valence-corrected chi connectivity index (χ1v) is 5.41. The van der Waals surface area contributed by atoms with Crippen LogP contribution in [0, 0.1) is 0 Å². The van der Waals surface area contributed by atoms with Crippen molar-refractivity contribution in [3.63, 3.8) is 0 Å². The van der Waals surface area contributed by atoms with Gasteiger partial charge in [0.15, 0.2) is 0 Å². The molecule has 3 rings (SSSR count). The second kappa shape index (κ2) is 3.11. The van der Waals surface area contributed by atoms with E-state index in [-0.39, 0.29) is 11.9 Å². The van der Waals surface area contributed by atoms with Gasteiger partial charge in [-0.1, -0.05) is 29.8 Å². The van der Waals surface area contributed by atoms with Crippen LogP contribution in [-0.2, 0) is 0 Å². The fourth-order valence-electron chi connectivity index (χ4n) is 2.38. The van der Waals surface area contributed by atoms with Crippen LogP contribution in [0.5, 0.6) is 0 Å². The lowest BCUT2D eigenvalue weighted by Gasteiger charge is -2.26. The largest absolute Gasteiger partial charge is 0.327 e. The Labute approximate surface area is 93.1 Å². The van der Waals surface area contributed by atoms with E-state index in [1.54, 1.807) is 0 Å². The Bertz CT molecular complexity index is 467. The minimum absolute atomic E-state index is 0.113. The van der Waals surface area contributed by atoms with Crippen LogP contribution in [0.25, 0.3) is 0 Å². The van der Waals surface area contributed by atoms with E-state index < -0.39 is 0 Å². The molecular formula is C12H10ClNO. The van der Waals surface area contributed by atoms with Crippen LogP contribution < -0.4 is 0 Å².